The third-order valence-electron chi connectivity index (χ3n) is 5.37. The predicted octanol–water partition coefficient (Wildman–Crippen LogP) is 6.32. The van der Waals surface area contributed by atoms with Crippen LogP contribution in [0, 0.1) is 0 Å². The molecule has 0 spiro atoms. The minimum Gasteiger partial charge on any atom is -0.507 e. The van der Waals surface area contributed by atoms with Crippen LogP contribution >= 0.6 is 0 Å². The third-order valence-corrected chi connectivity index (χ3v) is 5.37. The van der Waals surface area contributed by atoms with Crippen molar-refractivity contribution in [1.29, 1.82) is 0 Å². The molecule has 0 bridgehead atoms. The number of fused-ring (bicyclic) bond motifs is 1. The number of hydrogen-bond acceptors (Lipinski definition) is 5. The Balaban J connectivity index is 1.79. The van der Waals surface area contributed by atoms with Crippen LogP contribution in [0.4, 0.5) is 0 Å². The number of rotatable bonds is 6. The summed E-state index contributed by atoms with van der Waals surface area (Å²) in [5.41, 5.74) is 4.06. The summed E-state index contributed by atoms with van der Waals surface area (Å²) < 4.78 is 5.95. The highest BCUT2D eigenvalue weighted by Crippen LogP contribution is 2.42. The normalized spacial score (nSPS) is 11.7. The summed E-state index contributed by atoms with van der Waals surface area (Å²) in [5, 5.41) is 41.3. The van der Waals surface area contributed by atoms with Crippen LogP contribution in [0.5, 0.6) is 17.2 Å². The lowest BCUT2D eigenvalue weighted by Crippen LogP contribution is -1.91. The predicted molar refractivity (Wildman–Crippen MR) is 132 cm³/mol. The lowest BCUT2D eigenvalue weighted by atomic mass is 9.94. The van der Waals surface area contributed by atoms with Gasteiger partial charge in [0.15, 0.2) is 0 Å². The van der Waals surface area contributed by atoms with Gasteiger partial charge in [0.1, 0.15) is 28.6 Å². The number of aliphatic hydroxyl groups is 1. The molecule has 5 nitrogen and oxygen atoms in total. The van der Waals surface area contributed by atoms with Crippen LogP contribution in [0.25, 0.3) is 40.0 Å². The van der Waals surface area contributed by atoms with Crippen LogP contribution in [-0.4, -0.2) is 27.0 Å². The molecule has 5 heteroatoms. The van der Waals surface area contributed by atoms with Crippen LogP contribution in [0.3, 0.4) is 0 Å². The Hall–Kier alpha value is -4.22. The van der Waals surface area contributed by atoms with E-state index in [1.165, 1.54) is 6.07 Å². The molecule has 0 radical (unpaired) electrons. The Labute approximate surface area is 191 Å². The summed E-state index contributed by atoms with van der Waals surface area (Å²) in [4.78, 5) is 0. The average molecular weight is 440 g/mol. The summed E-state index contributed by atoms with van der Waals surface area (Å²) in [7, 11) is 0. The maximum absolute atomic E-state index is 10.5. The monoisotopic (exact) mass is 440 g/mol. The van der Waals surface area contributed by atoms with Crippen molar-refractivity contribution in [3.8, 4) is 28.6 Å². The Morgan fingerprint density at radius 3 is 2.33 bits per heavy atom. The van der Waals surface area contributed by atoms with Gasteiger partial charge in [-0.2, -0.15) is 0 Å². The molecule has 1 aromatic heterocycles. The lowest BCUT2D eigenvalue weighted by Gasteiger charge is -2.13. The molecule has 4 rings (SSSR count). The van der Waals surface area contributed by atoms with Crippen molar-refractivity contribution >= 4 is 28.7 Å². The van der Waals surface area contributed by atoms with Crippen molar-refractivity contribution in [1.82, 2.24) is 0 Å². The van der Waals surface area contributed by atoms with Gasteiger partial charge in [0.25, 0.3) is 0 Å². The van der Waals surface area contributed by atoms with Gasteiger partial charge < -0.3 is 24.8 Å². The van der Waals surface area contributed by atoms with Crippen molar-refractivity contribution < 1.29 is 24.8 Å². The first kappa shape index (κ1) is 22.0. The molecule has 0 aliphatic carbocycles. The van der Waals surface area contributed by atoms with Crippen LogP contribution in [0.15, 0.2) is 77.7 Å². The molecule has 0 unspecified atom stereocenters. The van der Waals surface area contributed by atoms with E-state index < -0.39 is 0 Å². The van der Waals surface area contributed by atoms with E-state index in [4.69, 9.17) is 9.52 Å². The van der Waals surface area contributed by atoms with E-state index in [-0.39, 0.29) is 23.9 Å². The highest BCUT2D eigenvalue weighted by molar-refractivity contribution is 5.90. The molecule has 0 saturated carbocycles. The quantitative estimate of drug-likeness (QED) is 0.282. The number of phenolic OH excluding ortho intramolecular Hbond substituents is 3. The first-order chi connectivity index (χ1) is 15.9. The van der Waals surface area contributed by atoms with Gasteiger partial charge >= 0.3 is 0 Å². The van der Waals surface area contributed by atoms with E-state index in [9.17, 15) is 15.3 Å². The van der Waals surface area contributed by atoms with Crippen molar-refractivity contribution in [2.45, 2.75) is 6.92 Å². The molecule has 0 saturated heterocycles. The fraction of sp³-hybridized carbons (Fsp3) is 0.0714. The second-order valence-electron chi connectivity index (χ2n) is 7.63. The van der Waals surface area contributed by atoms with Gasteiger partial charge in [-0.05, 0) is 60.0 Å². The molecule has 0 aliphatic heterocycles. The van der Waals surface area contributed by atoms with Gasteiger partial charge in [0.05, 0.1) is 12.2 Å². The zero-order valence-corrected chi connectivity index (χ0v) is 18.1. The van der Waals surface area contributed by atoms with Crippen molar-refractivity contribution in [2.24, 2.45) is 0 Å². The number of allylic oxidation sites excluding steroid dienone is 1. The molecule has 3 aromatic carbocycles. The summed E-state index contributed by atoms with van der Waals surface area (Å²) in [6.45, 7) is 5.94. The van der Waals surface area contributed by atoms with Crippen molar-refractivity contribution in [3.63, 3.8) is 0 Å². The highest BCUT2D eigenvalue weighted by Gasteiger charge is 2.18. The molecule has 33 heavy (non-hydrogen) atoms. The van der Waals surface area contributed by atoms with Gasteiger partial charge in [-0.25, -0.2) is 0 Å². The first-order valence-corrected chi connectivity index (χ1v) is 10.4. The van der Waals surface area contributed by atoms with Gasteiger partial charge in [-0.3, -0.25) is 0 Å². The molecule has 0 amide bonds. The van der Waals surface area contributed by atoms with Crippen LogP contribution < -0.4 is 0 Å². The average Bonchev–Trinajstić information content (AvgIpc) is 3.22. The maximum atomic E-state index is 10.5. The number of phenols is 3. The Morgan fingerprint density at radius 2 is 1.58 bits per heavy atom. The van der Waals surface area contributed by atoms with Crippen molar-refractivity contribution in [2.75, 3.05) is 6.61 Å². The molecule has 4 aromatic rings. The SMILES string of the molecule is C=C(c1cc(/C=C/C)ccc1O)c1cc(-c2cc3cc(/C=C/CO)ccc3o2)c(O)cc1O. The zero-order chi connectivity index (χ0) is 23.5. The number of hydrogen-bond donors (Lipinski definition) is 4. The Bertz CT molecular complexity index is 1410. The fourth-order valence-electron chi connectivity index (χ4n) is 3.74. The van der Waals surface area contributed by atoms with Gasteiger partial charge in [0.2, 0.25) is 0 Å². The van der Waals surface area contributed by atoms with E-state index >= 15 is 0 Å². The summed E-state index contributed by atoms with van der Waals surface area (Å²) in [6.07, 6.45) is 7.24. The molecule has 0 fully saturated rings. The summed E-state index contributed by atoms with van der Waals surface area (Å²) in [5.74, 6) is 0.154. The Morgan fingerprint density at radius 1 is 0.848 bits per heavy atom. The van der Waals surface area contributed by atoms with E-state index in [1.54, 1.807) is 42.5 Å². The van der Waals surface area contributed by atoms with Gasteiger partial charge in [-0.1, -0.05) is 43.0 Å². The molecule has 1 heterocycles. The van der Waals surface area contributed by atoms with E-state index in [2.05, 4.69) is 6.58 Å². The highest BCUT2D eigenvalue weighted by atomic mass is 16.3. The fourth-order valence-corrected chi connectivity index (χ4v) is 3.74. The van der Waals surface area contributed by atoms with Crippen LogP contribution in [-0.2, 0) is 0 Å². The minimum atomic E-state index is -0.162. The smallest absolute Gasteiger partial charge is 0.139 e. The molecule has 0 atom stereocenters. The van der Waals surface area contributed by atoms with E-state index in [0.717, 1.165) is 16.5 Å². The maximum Gasteiger partial charge on any atom is 0.139 e. The van der Waals surface area contributed by atoms with E-state index in [1.807, 2.05) is 37.3 Å². The summed E-state index contributed by atoms with van der Waals surface area (Å²) in [6, 6.07) is 15.4. The second-order valence-corrected chi connectivity index (χ2v) is 7.63. The number of benzene rings is 3. The minimum absolute atomic E-state index is 0.0366. The summed E-state index contributed by atoms with van der Waals surface area (Å²) >= 11 is 0. The molecular formula is C28H24O5. The standard InChI is InChI=1S/C28H24O5/c1-3-5-18-7-9-24(30)21(13-18)17(2)22-15-23(26(32)16-25(22)31)28-14-20-12-19(6-4-11-29)8-10-27(20)33-28/h3-10,12-16,29-32H,2,11H2,1H3/b5-3+,6-4+. The van der Waals surface area contributed by atoms with Gasteiger partial charge in [-0.15, -0.1) is 0 Å². The van der Waals surface area contributed by atoms with Crippen molar-refractivity contribution in [3.05, 3.63) is 95.6 Å². The molecule has 0 aliphatic rings. The molecule has 166 valence electrons. The second kappa shape index (κ2) is 9.10. The number of furan rings is 1. The van der Waals surface area contributed by atoms with E-state index in [0.29, 0.717) is 33.6 Å². The largest absolute Gasteiger partial charge is 0.507 e. The van der Waals surface area contributed by atoms with Crippen LogP contribution in [0.1, 0.15) is 29.2 Å². The zero-order valence-electron chi connectivity index (χ0n) is 18.1. The molecule has 4 N–H and O–H groups in total. The third kappa shape index (κ3) is 4.40. The lowest BCUT2D eigenvalue weighted by molar-refractivity contribution is 0.343. The number of aromatic hydroxyl groups is 3. The van der Waals surface area contributed by atoms with Crippen LogP contribution in [0.2, 0.25) is 0 Å². The topological polar surface area (TPSA) is 94.1 Å². The number of aliphatic hydroxyl groups excluding tert-OH is 1. The first-order valence-electron chi connectivity index (χ1n) is 10.4. The Kier molecular flexibility index (Phi) is 6.07. The molecular weight excluding hydrogens is 416 g/mol. The van der Waals surface area contributed by atoms with Gasteiger partial charge in [0, 0.05) is 22.6 Å².